The Morgan fingerprint density at radius 3 is 2.59 bits per heavy atom. The zero-order chi connectivity index (χ0) is 20.4. The minimum Gasteiger partial charge on any atom is -0.325 e. The third-order valence-electron chi connectivity index (χ3n) is 5.44. The minimum absolute atomic E-state index is 0.0274. The monoisotopic (exact) mass is 406 g/mol. The number of carbonyl (C=O) groups excluding carboxylic acids is 1. The highest BCUT2D eigenvalue weighted by Crippen LogP contribution is 2.54. The molecule has 1 aromatic heterocycles. The molecule has 1 N–H and O–H groups in total. The Morgan fingerprint density at radius 1 is 1.10 bits per heavy atom. The van der Waals surface area contributed by atoms with Crippen molar-refractivity contribution in [2.24, 2.45) is 0 Å². The van der Waals surface area contributed by atoms with Crippen molar-refractivity contribution < 1.29 is 4.79 Å². The number of thioether (sulfide) groups is 1. The van der Waals surface area contributed by atoms with Gasteiger partial charge in [-0.2, -0.15) is 0 Å². The molecule has 29 heavy (non-hydrogen) atoms. The van der Waals surface area contributed by atoms with Gasteiger partial charge in [-0.3, -0.25) is 4.79 Å². The Balaban J connectivity index is 1.40. The molecule has 0 aliphatic heterocycles. The van der Waals surface area contributed by atoms with Crippen LogP contribution in [0.25, 0.3) is 0 Å². The zero-order valence-electron chi connectivity index (χ0n) is 17.1. The van der Waals surface area contributed by atoms with Crippen LogP contribution in [0.2, 0.25) is 0 Å². The summed E-state index contributed by atoms with van der Waals surface area (Å²) in [6, 6.07) is 16.6. The van der Waals surface area contributed by atoms with E-state index < -0.39 is 0 Å². The van der Waals surface area contributed by atoms with Gasteiger partial charge in [0.1, 0.15) is 5.82 Å². The first kappa shape index (κ1) is 19.7. The van der Waals surface area contributed by atoms with Gasteiger partial charge in [0, 0.05) is 18.2 Å². The smallest absolute Gasteiger partial charge is 0.234 e. The van der Waals surface area contributed by atoms with Crippen LogP contribution in [0, 0.1) is 13.8 Å². The summed E-state index contributed by atoms with van der Waals surface area (Å²) >= 11 is 1.45. The molecule has 6 heteroatoms. The molecule has 0 bridgehead atoms. The first-order valence-corrected chi connectivity index (χ1v) is 11.0. The van der Waals surface area contributed by atoms with E-state index in [1.807, 2.05) is 31.2 Å². The van der Waals surface area contributed by atoms with Crippen LogP contribution in [0.4, 0.5) is 5.69 Å². The van der Waals surface area contributed by atoms with E-state index in [1.165, 1.54) is 22.9 Å². The molecule has 1 heterocycles. The summed E-state index contributed by atoms with van der Waals surface area (Å²) in [5.41, 5.74) is 4.57. The van der Waals surface area contributed by atoms with Gasteiger partial charge in [0.15, 0.2) is 5.16 Å². The number of carbonyl (C=O) groups is 1. The van der Waals surface area contributed by atoms with Crippen molar-refractivity contribution >= 4 is 23.4 Å². The molecule has 1 aliphatic rings. The van der Waals surface area contributed by atoms with Crippen LogP contribution in [-0.2, 0) is 11.3 Å². The number of amides is 1. The maximum atomic E-state index is 12.4. The summed E-state index contributed by atoms with van der Waals surface area (Å²) in [6.45, 7) is 7.01. The molecule has 2 atom stereocenters. The molecule has 4 rings (SSSR count). The quantitative estimate of drug-likeness (QED) is 0.566. The highest BCUT2D eigenvalue weighted by Gasteiger charge is 2.43. The van der Waals surface area contributed by atoms with E-state index in [0.717, 1.165) is 35.2 Å². The van der Waals surface area contributed by atoms with Crippen molar-refractivity contribution in [2.45, 2.75) is 50.7 Å². The van der Waals surface area contributed by atoms with E-state index in [-0.39, 0.29) is 5.91 Å². The molecule has 1 saturated carbocycles. The van der Waals surface area contributed by atoms with Crippen LogP contribution >= 0.6 is 11.8 Å². The van der Waals surface area contributed by atoms with Gasteiger partial charge in [-0.25, -0.2) is 0 Å². The molecule has 0 unspecified atom stereocenters. The lowest BCUT2D eigenvalue weighted by Gasteiger charge is -2.09. The zero-order valence-corrected chi connectivity index (χ0v) is 17.9. The van der Waals surface area contributed by atoms with E-state index in [9.17, 15) is 4.79 Å². The van der Waals surface area contributed by atoms with Crippen LogP contribution < -0.4 is 5.32 Å². The van der Waals surface area contributed by atoms with Gasteiger partial charge < -0.3 is 9.88 Å². The Labute approximate surface area is 175 Å². The maximum Gasteiger partial charge on any atom is 0.234 e. The lowest BCUT2D eigenvalue weighted by Crippen LogP contribution is -2.15. The van der Waals surface area contributed by atoms with Crippen LogP contribution in [0.1, 0.15) is 47.7 Å². The highest BCUT2D eigenvalue weighted by molar-refractivity contribution is 7.99. The van der Waals surface area contributed by atoms with Gasteiger partial charge in [0.2, 0.25) is 5.91 Å². The van der Waals surface area contributed by atoms with Crippen LogP contribution in [-0.4, -0.2) is 26.4 Å². The van der Waals surface area contributed by atoms with E-state index in [1.54, 1.807) is 0 Å². The van der Waals surface area contributed by atoms with Crippen molar-refractivity contribution in [1.29, 1.82) is 0 Å². The van der Waals surface area contributed by atoms with E-state index in [0.29, 0.717) is 17.6 Å². The first-order chi connectivity index (χ1) is 14.1. The minimum atomic E-state index is -0.0274. The molecule has 0 saturated heterocycles. The second-order valence-electron chi connectivity index (χ2n) is 7.60. The fraction of sp³-hybridized carbons (Fsp3) is 0.348. The van der Waals surface area contributed by atoms with Crippen molar-refractivity contribution in [3.8, 4) is 0 Å². The third kappa shape index (κ3) is 4.37. The molecule has 2 aromatic carbocycles. The fourth-order valence-corrected chi connectivity index (χ4v) is 4.48. The Kier molecular flexibility index (Phi) is 5.72. The number of hydrogen-bond donors (Lipinski definition) is 1. The number of aromatic nitrogens is 3. The molecule has 0 radical (unpaired) electrons. The predicted octanol–water partition coefficient (Wildman–Crippen LogP) is 4.92. The average molecular weight is 407 g/mol. The summed E-state index contributed by atoms with van der Waals surface area (Å²) in [5, 5.41) is 12.7. The SMILES string of the molecule is CCn1c(SCC(=O)Nc2ccccc2C)nnc1[C@H]1C[C@@H]1c1ccc(C)cc1. The van der Waals surface area contributed by atoms with Gasteiger partial charge in [-0.15, -0.1) is 10.2 Å². The van der Waals surface area contributed by atoms with Gasteiger partial charge in [0.25, 0.3) is 0 Å². The van der Waals surface area contributed by atoms with Crippen molar-refractivity contribution in [2.75, 3.05) is 11.1 Å². The largest absolute Gasteiger partial charge is 0.325 e. The van der Waals surface area contributed by atoms with Crippen molar-refractivity contribution in [3.63, 3.8) is 0 Å². The number of anilines is 1. The highest BCUT2D eigenvalue weighted by atomic mass is 32.2. The molecule has 3 aromatic rings. The molecule has 0 spiro atoms. The van der Waals surface area contributed by atoms with E-state index in [4.69, 9.17) is 0 Å². The number of para-hydroxylation sites is 1. The normalized spacial score (nSPS) is 17.9. The predicted molar refractivity (Wildman–Crippen MR) is 118 cm³/mol. The molecule has 150 valence electrons. The van der Waals surface area contributed by atoms with E-state index >= 15 is 0 Å². The summed E-state index contributed by atoms with van der Waals surface area (Å²) < 4.78 is 2.16. The lowest BCUT2D eigenvalue weighted by atomic mass is 10.1. The van der Waals surface area contributed by atoms with Crippen LogP contribution in [0.15, 0.2) is 53.7 Å². The van der Waals surface area contributed by atoms with Crippen molar-refractivity contribution in [3.05, 3.63) is 71.0 Å². The molecule has 1 amide bonds. The third-order valence-corrected chi connectivity index (χ3v) is 6.41. The lowest BCUT2D eigenvalue weighted by molar-refractivity contribution is -0.113. The summed E-state index contributed by atoms with van der Waals surface area (Å²) in [6.07, 6.45) is 1.11. The number of hydrogen-bond acceptors (Lipinski definition) is 4. The topological polar surface area (TPSA) is 59.8 Å². The summed E-state index contributed by atoms with van der Waals surface area (Å²) in [7, 11) is 0. The molecule has 5 nitrogen and oxygen atoms in total. The molecular weight excluding hydrogens is 380 g/mol. The number of nitrogens with one attached hydrogen (secondary N) is 1. The van der Waals surface area contributed by atoms with Gasteiger partial charge in [-0.1, -0.05) is 59.8 Å². The van der Waals surface area contributed by atoms with Gasteiger partial charge in [-0.05, 0) is 50.3 Å². The second-order valence-corrected chi connectivity index (χ2v) is 8.54. The van der Waals surface area contributed by atoms with Gasteiger partial charge >= 0.3 is 0 Å². The Morgan fingerprint density at radius 2 is 1.86 bits per heavy atom. The Bertz CT molecular complexity index is 1010. The van der Waals surface area contributed by atoms with Crippen LogP contribution in [0.5, 0.6) is 0 Å². The van der Waals surface area contributed by atoms with Crippen LogP contribution in [0.3, 0.4) is 0 Å². The van der Waals surface area contributed by atoms with E-state index in [2.05, 4.69) is 58.2 Å². The standard InChI is InChI=1S/C23H26N4OS/c1-4-27-22(19-13-18(19)17-11-9-15(2)10-12-17)25-26-23(27)29-14-21(28)24-20-8-6-5-7-16(20)3/h5-12,18-19H,4,13-14H2,1-3H3,(H,24,28)/t18-,19+/m1/s1. The number of benzene rings is 2. The average Bonchev–Trinajstić information content (AvgIpc) is 3.40. The molecular formula is C23H26N4OS. The molecule has 1 fully saturated rings. The number of rotatable bonds is 7. The number of nitrogens with zero attached hydrogens (tertiary/aromatic N) is 3. The summed E-state index contributed by atoms with van der Waals surface area (Å²) in [4.78, 5) is 12.4. The molecule has 1 aliphatic carbocycles. The Hall–Kier alpha value is -2.60. The fourth-order valence-electron chi connectivity index (χ4n) is 3.67. The van der Waals surface area contributed by atoms with Crippen molar-refractivity contribution in [1.82, 2.24) is 14.8 Å². The second kappa shape index (κ2) is 8.41. The summed E-state index contributed by atoms with van der Waals surface area (Å²) in [5.74, 6) is 2.27. The maximum absolute atomic E-state index is 12.4. The van der Waals surface area contributed by atoms with Gasteiger partial charge in [0.05, 0.1) is 5.75 Å². The first-order valence-electron chi connectivity index (χ1n) is 10.0. The number of aryl methyl sites for hydroxylation is 2.